The Bertz CT molecular complexity index is 330. The highest BCUT2D eigenvalue weighted by Crippen LogP contribution is 2.34. The quantitative estimate of drug-likeness (QED) is 0.777. The van der Waals surface area contributed by atoms with Crippen molar-refractivity contribution in [1.29, 1.82) is 0 Å². The second kappa shape index (κ2) is 3.76. The second-order valence-corrected chi connectivity index (χ2v) is 2.91. The number of hydrogen-bond donors (Lipinski definition) is 2. The van der Waals surface area contributed by atoms with E-state index in [1.165, 1.54) is 5.10 Å². The van der Waals surface area contributed by atoms with Crippen LogP contribution >= 0.6 is 0 Å². The van der Waals surface area contributed by atoms with Crippen LogP contribution in [0.2, 0.25) is 0 Å². The molecule has 0 amide bonds. The summed E-state index contributed by atoms with van der Waals surface area (Å²) < 4.78 is 62.2. The summed E-state index contributed by atoms with van der Waals surface area (Å²) in [6.07, 6.45) is -5.45. The van der Waals surface area contributed by atoms with Gasteiger partial charge in [0.15, 0.2) is 0 Å². The minimum Gasteiger partial charge on any atom is -0.330 e. The van der Waals surface area contributed by atoms with Crippen molar-refractivity contribution in [2.75, 3.05) is 6.54 Å². The molecule has 0 aliphatic rings. The number of hydrogen-bond acceptors (Lipinski definition) is 2. The Labute approximate surface area is 81.5 Å². The molecule has 86 valence electrons. The van der Waals surface area contributed by atoms with Crippen molar-refractivity contribution in [3.63, 3.8) is 0 Å². The van der Waals surface area contributed by atoms with Crippen molar-refractivity contribution in [2.24, 2.45) is 5.73 Å². The summed E-state index contributed by atoms with van der Waals surface area (Å²) in [6.45, 7) is -0.332. The zero-order valence-corrected chi connectivity index (χ0v) is 7.41. The molecular weight excluding hydrogens is 221 g/mol. The molecule has 0 radical (unpaired) electrons. The van der Waals surface area contributed by atoms with E-state index in [0.29, 0.717) is 0 Å². The number of halogens is 5. The first-order chi connectivity index (χ1) is 6.77. The SMILES string of the molecule is NCCC(F)(F)c1cc(C(F)(F)F)[nH]n1. The Hall–Kier alpha value is -1.18. The van der Waals surface area contributed by atoms with Crippen molar-refractivity contribution < 1.29 is 22.0 Å². The van der Waals surface area contributed by atoms with Gasteiger partial charge in [-0.3, -0.25) is 5.10 Å². The molecule has 0 spiro atoms. The molecule has 1 aromatic heterocycles. The molecule has 1 aromatic rings. The van der Waals surface area contributed by atoms with E-state index in [9.17, 15) is 22.0 Å². The molecule has 0 saturated carbocycles. The fourth-order valence-electron chi connectivity index (χ4n) is 0.964. The van der Waals surface area contributed by atoms with Gasteiger partial charge in [-0.2, -0.15) is 27.1 Å². The number of H-pyrrole nitrogens is 1. The number of aromatic amines is 1. The van der Waals surface area contributed by atoms with Crippen LogP contribution in [0.25, 0.3) is 0 Å². The van der Waals surface area contributed by atoms with Gasteiger partial charge in [0, 0.05) is 6.42 Å². The molecule has 0 fully saturated rings. The third-order valence-corrected chi connectivity index (χ3v) is 1.72. The van der Waals surface area contributed by atoms with Crippen molar-refractivity contribution in [2.45, 2.75) is 18.5 Å². The van der Waals surface area contributed by atoms with Crippen molar-refractivity contribution >= 4 is 0 Å². The van der Waals surface area contributed by atoms with Gasteiger partial charge in [0.1, 0.15) is 11.4 Å². The van der Waals surface area contributed by atoms with Crippen LogP contribution < -0.4 is 5.73 Å². The number of nitrogens with zero attached hydrogens (tertiary/aromatic N) is 1. The zero-order chi connectivity index (χ0) is 11.7. The maximum atomic E-state index is 13.0. The largest absolute Gasteiger partial charge is 0.432 e. The lowest BCUT2D eigenvalue weighted by molar-refractivity contribution is -0.141. The predicted molar refractivity (Wildman–Crippen MR) is 41.2 cm³/mol. The van der Waals surface area contributed by atoms with Crippen LogP contribution in [0, 0.1) is 0 Å². The highest BCUT2D eigenvalue weighted by molar-refractivity contribution is 5.15. The van der Waals surface area contributed by atoms with Crippen LogP contribution in [0.15, 0.2) is 6.07 Å². The molecule has 0 saturated heterocycles. The van der Waals surface area contributed by atoms with Gasteiger partial charge < -0.3 is 5.73 Å². The van der Waals surface area contributed by atoms with Crippen molar-refractivity contribution in [3.8, 4) is 0 Å². The Morgan fingerprint density at radius 3 is 2.27 bits per heavy atom. The van der Waals surface area contributed by atoms with Crippen LogP contribution in [-0.2, 0) is 12.1 Å². The summed E-state index contributed by atoms with van der Waals surface area (Å²) in [5.41, 5.74) is 2.66. The lowest BCUT2D eigenvalue weighted by Crippen LogP contribution is -2.19. The van der Waals surface area contributed by atoms with Gasteiger partial charge in [-0.1, -0.05) is 0 Å². The summed E-state index contributed by atoms with van der Waals surface area (Å²) in [4.78, 5) is 0. The highest BCUT2D eigenvalue weighted by atomic mass is 19.4. The summed E-state index contributed by atoms with van der Waals surface area (Å²) in [7, 11) is 0. The van der Waals surface area contributed by atoms with E-state index in [1.54, 1.807) is 0 Å². The number of nitrogens with one attached hydrogen (secondary N) is 1. The van der Waals surface area contributed by atoms with Crippen LogP contribution in [0.5, 0.6) is 0 Å². The molecule has 3 nitrogen and oxygen atoms in total. The lowest BCUT2D eigenvalue weighted by Gasteiger charge is -2.11. The van der Waals surface area contributed by atoms with Crippen LogP contribution in [0.3, 0.4) is 0 Å². The van der Waals surface area contributed by atoms with Crippen LogP contribution in [0.1, 0.15) is 17.8 Å². The molecule has 1 heterocycles. The summed E-state index contributed by atoms with van der Waals surface area (Å²) >= 11 is 0. The predicted octanol–water partition coefficient (Wildman–Crippen LogP) is 1.87. The van der Waals surface area contributed by atoms with Gasteiger partial charge in [0.25, 0.3) is 5.92 Å². The molecule has 0 bridgehead atoms. The van der Waals surface area contributed by atoms with Gasteiger partial charge in [0.05, 0.1) is 0 Å². The minimum absolute atomic E-state index is 0.287. The Balaban J connectivity index is 2.94. The summed E-state index contributed by atoms with van der Waals surface area (Å²) in [6, 6.07) is 0.287. The van der Waals surface area contributed by atoms with Crippen LogP contribution in [-0.4, -0.2) is 16.7 Å². The normalized spacial score (nSPS) is 13.2. The first-order valence-electron chi connectivity index (χ1n) is 3.98. The third-order valence-electron chi connectivity index (χ3n) is 1.72. The fourth-order valence-corrected chi connectivity index (χ4v) is 0.964. The van der Waals surface area contributed by atoms with Crippen molar-refractivity contribution in [1.82, 2.24) is 10.2 Å². The standard InChI is InChI=1S/C7H8F5N3/c8-6(9,1-2-13)4-3-5(15-14-4)7(10,11)12/h3H,1-2,13H2,(H,14,15). The third kappa shape index (κ3) is 2.65. The fraction of sp³-hybridized carbons (Fsp3) is 0.571. The molecule has 0 aromatic carbocycles. The summed E-state index contributed by atoms with van der Waals surface area (Å²) in [5, 5.41) is 4.44. The Morgan fingerprint density at radius 2 is 1.87 bits per heavy atom. The van der Waals surface area contributed by atoms with Crippen molar-refractivity contribution in [3.05, 3.63) is 17.5 Å². The smallest absolute Gasteiger partial charge is 0.330 e. The molecule has 3 N–H and O–H groups in total. The second-order valence-electron chi connectivity index (χ2n) is 2.91. The Kier molecular flexibility index (Phi) is 2.98. The van der Waals surface area contributed by atoms with E-state index >= 15 is 0 Å². The van der Waals surface area contributed by atoms with Gasteiger partial charge in [-0.15, -0.1) is 0 Å². The average Bonchev–Trinajstić information content (AvgIpc) is 2.50. The van der Waals surface area contributed by atoms with E-state index in [2.05, 4.69) is 5.10 Å². The molecule has 0 aliphatic carbocycles. The van der Waals surface area contributed by atoms with Gasteiger partial charge in [-0.25, -0.2) is 0 Å². The molecule has 0 unspecified atom stereocenters. The number of nitrogens with two attached hydrogens (primary N) is 1. The monoisotopic (exact) mass is 229 g/mol. The zero-order valence-electron chi connectivity index (χ0n) is 7.41. The Morgan fingerprint density at radius 1 is 1.27 bits per heavy atom. The van der Waals surface area contributed by atoms with Crippen LogP contribution in [0.4, 0.5) is 22.0 Å². The van der Waals surface area contributed by atoms with Gasteiger partial charge in [0.2, 0.25) is 0 Å². The number of rotatable bonds is 3. The maximum Gasteiger partial charge on any atom is 0.432 e. The van der Waals surface area contributed by atoms with E-state index in [0.717, 1.165) is 0 Å². The number of alkyl halides is 5. The molecule has 8 heteroatoms. The van der Waals surface area contributed by atoms with E-state index in [4.69, 9.17) is 5.73 Å². The lowest BCUT2D eigenvalue weighted by atomic mass is 10.1. The molecule has 0 atom stereocenters. The van der Waals surface area contributed by atoms with E-state index in [-0.39, 0.29) is 12.6 Å². The average molecular weight is 229 g/mol. The minimum atomic E-state index is -4.70. The highest BCUT2D eigenvalue weighted by Gasteiger charge is 2.39. The molecule has 1 rings (SSSR count). The molecule has 15 heavy (non-hydrogen) atoms. The number of aromatic nitrogens is 2. The van der Waals surface area contributed by atoms with Gasteiger partial charge in [-0.05, 0) is 12.6 Å². The first-order valence-corrected chi connectivity index (χ1v) is 3.98. The topological polar surface area (TPSA) is 54.7 Å². The maximum absolute atomic E-state index is 13.0. The summed E-state index contributed by atoms with van der Waals surface area (Å²) in [5.74, 6) is -3.44. The molecule has 0 aliphatic heterocycles. The van der Waals surface area contributed by atoms with Gasteiger partial charge >= 0.3 is 6.18 Å². The van der Waals surface area contributed by atoms with E-state index in [1.807, 2.05) is 0 Å². The van der Waals surface area contributed by atoms with E-state index < -0.39 is 29.9 Å². The first kappa shape index (κ1) is 11.9. The molecular formula is C7H8F5N3.